The first-order chi connectivity index (χ1) is 13.0. The zero-order chi connectivity index (χ0) is 18.9. The van der Waals surface area contributed by atoms with Crippen molar-refractivity contribution in [2.45, 2.75) is 44.9 Å². The number of aromatic nitrogens is 1. The molecule has 0 saturated carbocycles. The van der Waals surface area contributed by atoms with Crippen molar-refractivity contribution in [3.8, 4) is 0 Å². The molecule has 3 aliphatic rings. The van der Waals surface area contributed by atoms with Crippen molar-refractivity contribution in [2.75, 3.05) is 6.61 Å². The highest BCUT2D eigenvalue weighted by molar-refractivity contribution is 5.89. The Hall–Kier alpha value is -2.47. The minimum atomic E-state index is -1.60. The molecule has 0 spiro atoms. The number of aliphatic hydroxyl groups is 1. The second kappa shape index (κ2) is 5.52. The zero-order valence-electron chi connectivity index (χ0n) is 15.4. The van der Waals surface area contributed by atoms with E-state index in [1.807, 2.05) is 23.1 Å². The van der Waals surface area contributed by atoms with Gasteiger partial charge in [0.15, 0.2) is 5.60 Å². The number of piperidine rings is 1. The predicted octanol–water partition coefficient (Wildman–Crippen LogP) is 2.26. The van der Waals surface area contributed by atoms with Gasteiger partial charge in [-0.1, -0.05) is 25.1 Å². The first kappa shape index (κ1) is 16.7. The Bertz CT molecular complexity index is 988. The normalized spacial score (nSPS) is 32.1. The summed E-state index contributed by atoms with van der Waals surface area (Å²) in [5, 5.41) is 12.1. The van der Waals surface area contributed by atoms with Crippen LogP contribution in [0.5, 0.6) is 0 Å². The van der Waals surface area contributed by atoms with Gasteiger partial charge >= 0.3 is 5.97 Å². The number of para-hydroxylation sites is 1. The van der Waals surface area contributed by atoms with Crippen molar-refractivity contribution >= 4 is 22.8 Å². The highest BCUT2D eigenvalue weighted by atomic mass is 16.6. The lowest BCUT2D eigenvalue weighted by atomic mass is 9.69. The van der Waals surface area contributed by atoms with Crippen molar-refractivity contribution in [1.82, 2.24) is 9.88 Å². The third-order valence-electron chi connectivity index (χ3n) is 6.79. The Morgan fingerprint density at radius 1 is 1.33 bits per heavy atom. The van der Waals surface area contributed by atoms with Crippen molar-refractivity contribution in [1.29, 1.82) is 0 Å². The van der Waals surface area contributed by atoms with E-state index in [-0.39, 0.29) is 25.0 Å². The average molecular weight is 366 g/mol. The van der Waals surface area contributed by atoms with Crippen LogP contribution in [0.15, 0.2) is 24.3 Å². The SMILES string of the molecule is CC[C@@]1(O)C(=O)OCC2C(=O)N3Cc4c(nc5ccccc5c4C)C3CC21. The first-order valence-electron chi connectivity index (χ1n) is 9.54. The van der Waals surface area contributed by atoms with Gasteiger partial charge in [-0.3, -0.25) is 9.78 Å². The topological polar surface area (TPSA) is 79.7 Å². The maximum atomic E-state index is 13.2. The summed E-state index contributed by atoms with van der Waals surface area (Å²) in [5.74, 6) is -1.56. The molecule has 0 radical (unpaired) electrons. The Kier molecular flexibility index (Phi) is 3.41. The molecule has 0 bridgehead atoms. The fraction of sp³-hybridized carbons (Fsp3) is 0.476. The number of aryl methyl sites for hydroxylation is 1. The molecule has 1 aromatic carbocycles. The summed E-state index contributed by atoms with van der Waals surface area (Å²) >= 11 is 0. The molecule has 2 saturated heterocycles. The Labute approximate surface area is 157 Å². The van der Waals surface area contributed by atoms with Gasteiger partial charge in [-0.2, -0.15) is 0 Å². The number of carbonyl (C=O) groups excluding carboxylic acids is 2. The fourth-order valence-electron chi connectivity index (χ4n) is 5.17. The van der Waals surface area contributed by atoms with Crippen LogP contribution in [0.3, 0.4) is 0 Å². The quantitative estimate of drug-likeness (QED) is 0.783. The third kappa shape index (κ3) is 2.07. The Balaban J connectivity index is 1.63. The van der Waals surface area contributed by atoms with Crippen molar-refractivity contribution in [3.05, 3.63) is 41.1 Å². The van der Waals surface area contributed by atoms with Crippen LogP contribution in [0, 0.1) is 18.8 Å². The molecule has 1 aromatic heterocycles. The number of esters is 1. The molecule has 5 rings (SSSR count). The Morgan fingerprint density at radius 3 is 2.89 bits per heavy atom. The molecule has 1 N–H and O–H groups in total. The van der Waals surface area contributed by atoms with Gasteiger partial charge in [0, 0.05) is 17.8 Å². The lowest BCUT2D eigenvalue weighted by molar-refractivity contribution is -0.202. The number of carbonyl (C=O) groups is 2. The molecule has 3 aliphatic heterocycles. The summed E-state index contributed by atoms with van der Waals surface area (Å²) in [6.45, 7) is 4.43. The highest BCUT2D eigenvalue weighted by Crippen LogP contribution is 2.50. The molecular formula is C21H22N2O4. The molecule has 6 heteroatoms. The molecule has 4 heterocycles. The lowest BCUT2D eigenvalue weighted by Crippen LogP contribution is -2.61. The maximum Gasteiger partial charge on any atom is 0.338 e. The van der Waals surface area contributed by atoms with E-state index in [4.69, 9.17) is 9.72 Å². The molecule has 1 amide bonds. The number of ether oxygens (including phenoxy) is 1. The number of pyridine rings is 1. The van der Waals surface area contributed by atoms with E-state index in [9.17, 15) is 14.7 Å². The van der Waals surface area contributed by atoms with Crippen molar-refractivity contribution in [2.24, 2.45) is 11.8 Å². The second-order valence-corrected chi connectivity index (χ2v) is 7.92. The van der Waals surface area contributed by atoms with Crippen LogP contribution < -0.4 is 0 Å². The highest BCUT2D eigenvalue weighted by Gasteiger charge is 2.59. The van der Waals surface area contributed by atoms with Crippen LogP contribution in [0.25, 0.3) is 10.9 Å². The van der Waals surface area contributed by atoms with Crippen molar-refractivity contribution in [3.63, 3.8) is 0 Å². The number of nitrogens with zero attached hydrogens (tertiary/aromatic N) is 2. The standard InChI is InChI=1S/C21H22N2O4/c1-3-21(26)15-8-17-18-13(11(2)12-6-4-5-7-16(12)22-18)9-23(17)19(24)14(15)10-27-20(21)25/h4-7,14-15,17,26H,3,8-10H2,1-2H3/t14?,15?,17?,21-/m0/s1. The minimum absolute atomic E-state index is 0.0444. The molecule has 3 unspecified atom stereocenters. The smallest absolute Gasteiger partial charge is 0.338 e. The summed E-state index contributed by atoms with van der Waals surface area (Å²) in [5.41, 5.74) is 2.48. The third-order valence-corrected chi connectivity index (χ3v) is 6.79. The van der Waals surface area contributed by atoms with Crippen LogP contribution in [-0.4, -0.2) is 39.1 Å². The van der Waals surface area contributed by atoms with Gasteiger partial charge in [0.2, 0.25) is 5.91 Å². The van der Waals surface area contributed by atoms with Crippen LogP contribution in [0.4, 0.5) is 0 Å². The molecule has 27 heavy (non-hydrogen) atoms. The van der Waals surface area contributed by atoms with E-state index in [0.717, 1.165) is 27.7 Å². The fourth-order valence-corrected chi connectivity index (χ4v) is 5.17. The molecule has 4 atom stereocenters. The number of fused-ring (bicyclic) bond motifs is 5. The summed E-state index contributed by atoms with van der Waals surface area (Å²) < 4.78 is 5.18. The van der Waals surface area contributed by atoms with Gasteiger partial charge in [-0.05, 0) is 37.0 Å². The van der Waals surface area contributed by atoms with Crippen LogP contribution in [0.1, 0.15) is 42.6 Å². The number of hydrogen-bond donors (Lipinski definition) is 1. The van der Waals surface area contributed by atoms with Gasteiger partial charge in [-0.25, -0.2) is 4.79 Å². The minimum Gasteiger partial charge on any atom is -0.463 e. The van der Waals surface area contributed by atoms with Crippen LogP contribution in [-0.2, 0) is 20.9 Å². The number of amides is 1. The van der Waals surface area contributed by atoms with Gasteiger partial charge in [-0.15, -0.1) is 0 Å². The second-order valence-electron chi connectivity index (χ2n) is 7.92. The van der Waals surface area contributed by atoms with Gasteiger partial charge in [0.05, 0.1) is 23.2 Å². The Morgan fingerprint density at radius 2 is 2.11 bits per heavy atom. The van der Waals surface area contributed by atoms with Gasteiger partial charge in [0.1, 0.15) is 6.61 Å². The number of rotatable bonds is 1. The van der Waals surface area contributed by atoms with Gasteiger partial charge < -0.3 is 14.7 Å². The van der Waals surface area contributed by atoms with E-state index in [1.54, 1.807) is 6.92 Å². The molecular weight excluding hydrogens is 344 g/mol. The van der Waals surface area contributed by atoms with Crippen molar-refractivity contribution < 1.29 is 19.4 Å². The summed E-state index contributed by atoms with van der Waals surface area (Å²) in [7, 11) is 0. The predicted molar refractivity (Wildman–Crippen MR) is 97.6 cm³/mol. The molecule has 2 aromatic rings. The van der Waals surface area contributed by atoms with Gasteiger partial charge in [0.25, 0.3) is 0 Å². The van der Waals surface area contributed by atoms with Crippen LogP contribution in [0.2, 0.25) is 0 Å². The summed E-state index contributed by atoms with van der Waals surface area (Å²) in [6.07, 6.45) is 0.775. The largest absolute Gasteiger partial charge is 0.463 e. The zero-order valence-corrected chi connectivity index (χ0v) is 15.4. The molecule has 2 fully saturated rings. The van der Waals surface area contributed by atoms with E-state index in [2.05, 4.69) is 13.0 Å². The van der Waals surface area contributed by atoms with E-state index < -0.39 is 23.4 Å². The van der Waals surface area contributed by atoms with E-state index in [1.165, 1.54) is 0 Å². The number of benzene rings is 1. The monoisotopic (exact) mass is 366 g/mol. The first-order valence-corrected chi connectivity index (χ1v) is 9.54. The molecule has 6 nitrogen and oxygen atoms in total. The number of hydrogen-bond acceptors (Lipinski definition) is 5. The lowest BCUT2D eigenvalue weighted by Gasteiger charge is -2.48. The summed E-state index contributed by atoms with van der Waals surface area (Å²) in [4.78, 5) is 32.2. The molecule has 0 aliphatic carbocycles. The average Bonchev–Trinajstić information content (AvgIpc) is 3.05. The summed E-state index contributed by atoms with van der Waals surface area (Å²) in [6, 6.07) is 7.80. The van der Waals surface area contributed by atoms with E-state index >= 15 is 0 Å². The molecule has 140 valence electrons. The maximum absolute atomic E-state index is 13.2. The van der Waals surface area contributed by atoms with Crippen LogP contribution >= 0.6 is 0 Å². The number of cyclic esters (lactones) is 1. The van der Waals surface area contributed by atoms with E-state index in [0.29, 0.717) is 13.0 Å².